The van der Waals surface area contributed by atoms with Gasteiger partial charge in [0.2, 0.25) is 5.88 Å². The number of benzene rings is 2. The fraction of sp³-hybridized carbons (Fsp3) is 0.0435. The second kappa shape index (κ2) is 7.88. The molecule has 0 bridgehead atoms. The van der Waals surface area contributed by atoms with Crippen LogP contribution in [0.5, 0.6) is 11.6 Å². The molecule has 0 saturated heterocycles. The molecule has 9 heteroatoms. The first-order valence-electron chi connectivity index (χ1n) is 9.76. The summed E-state index contributed by atoms with van der Waals surface area (Å²) in [5.41, 5.74) is 3.91. The molecule has 0 aliphatic heterocycles. The molecule has 1 amide bonds. The number of hydrogen-bond donors (Lipinski definition) is 4. The molecule has 0 saturated carbocycles. The lowest BCUT2D eigenvalue weighted by molar-refractivity contribution is 0.102. The van der Waals surface area contributed by atoms with Crippen molar-refractivity contribution in [2.24, 2.45) is 0 Å². The largest absolute Gasteiger partial charge is 0.507 e. The van der Waals surface area contributed by atoms with E-state index >= 15 is 0 Å². The first-order chi connectivity index (χ1) is 15.6. The van der Waals surface area contributed by atoms with Crippen LogP contribution in [0.2, 0.25) is 0 Å². The minimum Gasteiger partial charge on any atom is -0.507 e. The van der Waals surface area contributed by atoms with Crippen LogP contribution in [0.1, 0.15) is 10.4 Å². The highest BCUT2D eigenvalue weighted by Crippen LogP contribution is 2.35. The summed E-state index contributed by atoms with van der Waals surface area (Å²) >= 11 is 0. The lowest BCUT2D eigenvalue weighted by atomic mass is 10.0. The lowest BCUT2D eigenvalue weighted by Gasteiger charge is -2.09. The van der Waals surface area contributed by atoms with Gasteiger partial charge in [-0.25, -0.2) is 9.97 Å². The molecular formula is C23H18N6O3. The summed E-state index contributed by atoms with van der Waals surface area (Å²) in [6, 6.07) is 15.7. The summed E-state index contributed by atoms with van der Waals surface area (Å²) in [7, 11) is 1.56. The molecule has 0 unspecified atom stereocenters. The Bertz CT molecular complexity index is 1430. The third-order valence-electron chi connectivity index (χ3n) is 5.01. The zero-order chi connectivity index (χ0) is 22.1. The molecule has 9 nitrogen and oxygen atoms in total. The second-order valence-corrected chi connectivity index (χ2v) is 7.02. The van der Waals surface area contributed by atoms with Crippen molar-refractivity contribution in [2.75, 3.05) is 12.4 Å². The van der Waals surface area contributed by atoms with Crippen molar-refractivity contribution in [3.8, 4) is 34.1 Å². The quantitative estimate of drug-likeness (QED) is 0.336. The Labute approximate surface area is 182 Å². The summed E-state index contributed by atoms with van der Waals surface area (Å²) in [4.78, 5) is 24.5. The molecular weight excluding hydrogens is 408 g/mol. The Morgan fingerprint density at radius 2 is 2.00 bits per heavy atom. The predicted molar refractivity (Wildman–Crippen MR) is 120 cm³/mol. The zero-order valence-corrected chi connectivity index (χ0v) is 17.0. The van der Waals surface area contributed by atoms with E-state index in [1.54, 1.807) is 55.9 Å². The number of aromatic hydroxyl groups is 1. The summed E-state index contributed by atoms with van der Waals surface area (Å²) in [5, 5.41) is 19.8. The number of phenols is 1. The molecule has 4 N–H and O–H groups in total. The van der Waals surface area contributed by atoms with Crippen molar-refractivity contribution in [3.05, 3.63) is 72.6 Å². The number of amides is 1. The number of carbonyl (C=O) groups is 1. The Kier molecular flexibility index (Phi) is 4.75. The number of aromatic amines is 2. The molecule has 5 rings (SSSR count). The van der Waals surface area contributed by atoms with Crippen molar-refractivity contribution < 1.29 is 14.6 Å². The van der Waals surface area contributed by atoms with Gasteiger partial charge >= 0.3 is 0 Å². The summed E-state index contributed by atoms with van der Waals surface area (Å²) in [6.45, 7) is 0. The van der Waals surface area contributed by atoms with Crippen LogP contribution >= 0.6 is 0 Å². The highest BCUT2D eigenvalue weighted by atomic mass is 16.5. The molecule has 5 aromatic rings. The molecule has 0 atom stereocenters. The first kappa shape index (κ1) is 19.3. The molecule has 3 aromatic heterocycles. The minimum atomic E-state index is -0.294. The molecule has 0 fully saturated rings. The van der Waals surface area contributed by atoms with Crippen LogP contribution in [0.4, 0.5) is 5.82 Å². The van der Waals surface area contributed by atoms with E-state index in [-0.39, 0.29) is 11.7 Å². The molecule has 3 heterocycles. The number of aromatic nitrogens is 5. The van der Waals surface area contributed by atoms with Crippen LogP contribution in [0.3, 0.4) is 0 Å². The lowest BCUT2D eigenvalue weighted by Crippen LogP contribution is -2.12. The van der Waals surface area contributed by atoms with E-state index in [1.807, 2.05) is 18.2 Å². The number of hydrogen-bond acceptors (Lipinski definition) is 6. The third kappa shape index (κ3) is 3.52. The SMILES string of the molecule is COc1ncccc1-c1ccc(O)c(-c2nc3cc(C(=O)Nc4cc[nH]n4)ccc3[nH]2)c1. The fourth-order valence-electron chi connectivity index (χ4n) is 3.46. The van der Waals surface area contributed by atoms with E-state index in [0.29, 0.717) is 34.2 Å². The van der Waals surface area contributed by atoms with Crippen LogP contribution in [-0.2, 0) is 0 Å². The van der Waals surface area contributed by atoms with Crippen LogP contribution < -0.4 is 10.1 Å². The molecule has 0 aliphatic rings. The summed E-state index contributed by atoms with van der Waals surface area (Å²) in [5.74, 6) is 1.18. The maximum Gasteiger partial charge on any atom is 0.256 e. The van der Waals surface area contributed by atoms with Gasteiger partial charge in [-0.1, -0.05) is 6.07 Å². The number of rotatable bonds is 5. The normalized spacial score (nSPS) is 10.9. The number of phenolic OH excluding ortho intramolecular Hbond substituents is 1. The smallest absolute Gasteiger partial charge is 0.256 e. The number of nitrogens with zero attached hydrogens (tertiary/aromatic N) is 3. The van der Waals surface area contributed by atoms with Crippen LogP contribution in [0.25, 0.3) is 33.5 Å². The Hall–Kier alpha value is -4.66. The van der Waals surface area contributed by atoms with Crippen LogP contribution in [0.15, 0.2) is 67.0 Å². The maximum absolute atomic E-state index is 12.5. The van der Waals surface area contributed by atoms with Gasteiger partial charge in [0.1, 0.15) is 11.6 Å². The monoisotopic (exact) mass is 426 g/mol. The van der Waals surface area contributed by atoms with Gasteiger partial charge in [-0.15, -0.1) is 0 Å². The number of carbonyl (C=O) groups excluding carboxylic acids is 1. The average molecular weight is 426 g/mol. The maximum atomic E-state index is 12.5. The highest BCUT2D eigenvalue weighted by molar-refractivity contribution is 6.05. The number of ether oxygens (including phenoxy) is 1. The molecule has 32 heavy (non-hydrogen) atoms. The topological polar surface area (TPSA) is 129 Å². The number of nitrogens with one attached hydrogen (secondary N) is 3. The molecule has 2 aromatic carbocycles. The van der Waals surface area contributed by atoms with Gasteiger partial charge in [0.05, 0.1) is 23.7 Å². The number of anilines is 1. The van der Waals surface area contributed by atoms with Gasteiger partial charge in [-0.2, -0.15) is 5.10 Å². The van der Waals surface area contributed by atoms with Gasteiger partial charge in [-0.05, 0) is 48.0 Å². The first-order valence-corrected chi connectivity index (χ1v) is 9.76. The van der Waals surface area contributed by atoms with E-state index < -0.39 is 0 Å². The predicted octanol–water partition coefficient (Wildman–Crippen LogP) is 3.98. The van der Waals surface area contributed by atoms with Crippen molar-refractivity contribution in [1.82, 2.24) is 25.1 Å². The van der Waals surface area contributed by atoms with Crippen LogP contribution in [-0.4, -0.2) is 43.3 Å². The number of imidazole rings is 1. The average Bonchev–Trinajstić information content (AvgIpc) is 3.48. The number of methoxy groups -OCH3 is 1. The van der Waals surface area contributed by atoms with Gasteiger partial charge in [-0.3, -0.25) is 9.89 Å². The van der Waals surface area contributed by atoms with Gasteiger partial charge < -0.3 is 20.1 Å². The number of H-pyrrole nitrogens is 2. The Morgan fingerprint density at radius 1 is 1.09 bits per heavy atom. The molecule has 0 spiro atoms. The second-order valence-electron chi connectivity index (χ2n) is 7.02. The van der Waals surface area contributed by atoms with E-state index in [2.05, 4.69) is 30.5 Å². The van der Waals surface area contributed by atoms with Crippen molar-refractivity contribution in [1.29, 1.82) is 0 Å². The molecule has 0 radical (unpaired) electrons. The Morgan fingerprint density at radius 3 is 2.81 bits per heavy atom. The van der Waals surface area contributed by atoms with Crippen LogP contribution in [0, 0.1) is 0 Å². The van der Waals surface area contributed by atoms with E-state index in [0.717, 1.165) is 16.6 Å². The van der Waals surface area contributed by atoms with Crippen molar-refractivity contribution in [3.63, 3.8) is 0 Å². The summed E-state index contributed by atoms with van der Waals surface area (Å²) < 4.78 is 5.36. The standard InChI is InChI=1S/C23H18N6O3/c1-32-23-15(3-2-9-24-23)13-5-7-19(30)16(11-13)21-26-17-6-4-14(12-18(17)27-21)22(31)28-20-8-10-25-29-20/h2-12,30H,1H3,(H,26,27)(H2,25,28,29,31). The Balaban J connectivity index is 1.51. The zero-order valence-electron chi connectivity index (χ0n) is 17.0. The highest BCUT2D eigenvalue weighted by Gasteiger charge is 2.15. The fourth-order valence-corrected chi connectivity index (χ4v) is 3.46. The van der Waals surface area contributed by atoms with Gasteiger partial charge in [0.25, 0.3) is 5.91 Å². The van der Waals surface area contributed by atoms with Crippen molar-refractivity contribution in [2.45, 2.75) is 0 Å². The third-order valence-corrected chi connectivity index (χ3v) is 5.01. The van der Waals surface area contributed by atoms with E-state index in [9.17, 15) is 9.90 Å². The minimum absolute atomic E-state index is 0.0761. The molecule has 0 aliphatic carbocycles. The van der Waals surface area contributed by atoms with Crippen molar-refractivity contribution >= 4 is 22.8 Å². The number of pyridine rings is 1. The van der Waals surface area contributed by atoms with Gasteiger partial charge in [0, 0.05) is 29.6 Å². The molecule has 158 valence electrons. The summed E-state index contributed by atoms with van der Waals surface area (Å²) in [6.07, 6.45) is 3.28. The van der Waals surface area contributed by atoms with Gasteiger partial charge in [0.15, 0.2) is 5.82 Å². The van der Waals surface area contributed by atoms with E-state index in [1.165, 1.54) is 0 Å². The number of fused-ring (bicyclic) bond motifs is 1. The van der Waals surface area contributed by atoms with E-state index in [4.69, 9.17) is 4.74 Å².